The number of carbonyl (C=O) groups excluding carboxylic acids is 2. The summed E-state index contributed by atoms with van der Waals surface area (Å²) in [5.41, 5.74) is 0. The molecule has 0 saturated heterocycles. The van der Waals surface area contributed by atoms with Gasteiger partial charge in [0.1, 0.15) is 6.61 Å². The van der Waals surface area contributed by atoms with E-state index >= 15 is 0 Å². The average Bonchev–Trinajstić information content (AvgIpc) is 3.17. The molecule has 0 aliphatic heterocycles. The average molecular weight is 757 g/mol. The molecule has 0 heterocycles. The summed E-state index contributed by atoms with van der Waals surface area (Å²) in [5, 5.41) is 0. The molecule has 0 saturated carbocycles. The summed E-state index contributed by atoms with van der Waals surface area (Å²) >= 11 is 0. The first-order valence-corrected chi connectivity index (χ1v) is 23.2. The van der Waals surface area contributed by atoms with E-state index in [9.17, 15) is 9.59 Å². The van der Waals surface area contributed by atoms with Gasteiger partial charge in [-0.25, -0.2) is 0 Å². The Labute approximate surface area is 335 Å². The smallest absolute Gasteiger partial charge is 0.306 e. The van der Waals surface area contributed by atoms with Crippen molar-refractivity contribution in [1.29, 1.82) is 0 Å². The van der Waals surface area contributed by atoms with E-state index in [1.165, 1.54) is 135 Å². The van der Waals surface area contributed by atoms with E-state index < -0.39 is 6.10 Å². The Morgan fingerprint density at radius 2 is 0.833 bits per heavy atom. The standard InChI is InChI=1S/C49H88O5/c1-4-7-10-13-16-19-21-23-24-25-27-29-32-35-38-41-44-52-45-47(54-49(51)43-40-37-34-30-18-15-12-9-6-3)46-53-48(50)42-39-36-33-31-28-26-22-20-17-14-11-8-5-2/h8,11,17,20,26,28,33,36,47H,4-7,9-10,12-16,18-19,21-25,27,29-32,34-35,37-46H2,1-3H3/b11-8-,20-17-,28-26-,36-33-. The number of hydrogen-bond acceptors (Lipinski definition) is 5. The fourth-order valence-corrected chi connectivity index (χ4v) is 6.46. The van der Waals surface area contributed by atoms with Gasteiger partial charge in [-0.2, -0.15) is 0 Å². The van der Waals surface area contributed by atoms with E-state index in [0.29, 0.717) is 25.9 Å². The van der Waals surface area contributed by atoms with Crippen molar-refractivity contribution in [3.05, 3.63) is 48.6 Å². The fraction of sp³-hybridized carbons (Fsp3) is 0.796. The normalized spacial score (nSPS) is 12.6. The first kappa shape index (κ1) is 51.9. The van der Waals surface area contributed by atoms with Gasteiger partial charge in [0.25, 0.3) is 0 Å². The van der Waals surface area contributed by atoms with Gasteiger partial charge in [-0.1, -0.05) is 217 Å². The highest BCUT2D eigenvalue weighted by atomic mass is 16.6. The number of allylic oxidation sites excluding steroid dienone is 8. The molecule has 5 heteroatoms. The van der Waals surface area contributed by atoms with Crippen LogP contribution in [0.5, 0.6) is 0 Å². The molecule has 5 nitrogen and oxygen atoms in total. The van der Waals surface area contributed by atoms with E-state index in [-0.39, 0.29) is 25.2 Å². The third-order valence-electron chi connectivity index (χ3n) is 9.89. The molecule has 1 atom stereocenters. The second-order valence-corrected chi connectivity index (χ2v) is 15.3. The Morgan fingerprint density at radius 3 is 1.30 bits per heavy atom. The minimum atomic E-state index is -0.557. The van der Waals surface area contributed by atoms with E-state index in [0.717, 1.165) is 51.4 Å². The number of esters is 2. The summed E-state index contributed by atoms with van der Waals surface area (Å²) in [6.07, 6.45) is 54.1. The molecule has 0 spiro atoms. The van der Waals surface area contributed by atoms with Crippen molar-refractivity contribution < 1.29 is 23.8 Å². The first-order valence-electron chi connectivity index (χ1n) is 23.2. The molecule has 0 radical (unpaired) electrons. The van der Waals surface area contributed by atoms with Crippen LogP contribution in [0.25, 0.3) is 0 Å². The van der Waals surface area contributed by atoms with Crippen LogP contribution in [-0.2, 0) is 23.8 Å². The molecule has 0 amide bonds. The van der Waals surface area contributed by atoms with Gasteiger partial charge in [-0.15, -0.1) is 0 Å². The molecule has 0 aliphatic carbocycles. The summed E-state index contributed by atoms with van der Waals surface area (Å²) < 4.78 is 17.2. The molecule has 314 valence electrons. The highest BCUT2D eigenvalue weighted by molar-refractivity contribution is 5.70. The predicted octanol–water partition coefficient (Wildman–Crippen LogP) is 15.2. The fourth-order valence-electron chi connectivity index (χ4n) is 6.46. The predicted molar refractivity (Wildman–Crippen MR) is 233 cm³/mol. The van der Waals surface area contributed by atoms with Crippen LogP contribution in [0.2, 0.25) is 0 Å². The van der Waals surface area contributed by atoms with Gasteiger partial charge in [0.05, 0.1) is 6.61 Å². The third-order valence-corrected chi connectivity index (χ3v) is 9.89. The minimum Gasteiger partial charge on any atom is -0.462 e. The number of unbranched alkanes of at least 4 members (excludes halogenated alkanes) is 23. The molecule has 0 bridgehead atoms. The summed E-state index contributed by atoms with van der Waals surface area (Å²) in [6.45, 7) is 7.64. The molecule has 0 N–H and O–H groups in total. The maximum absolute atomic E-state index is 12.7. The lowest BCUT2D eigenvalue weighted by atomic mass is 10.0. The van der Waals surface area contributed by atoms with Crippen LogP contribution in [0.1, 0.15) is 226 Å². The zero-order valence-electron chi connectivity index (χ0n) is 36.0. The van der Waals surface area contributed by atoms with Crippen LogP contribution in [-0.4, -0.2) is 37.9 Å². The van der Waals surface area contributed by atoms with E-state index in [1.807, 2.05) is 6.08 Å². The van der Waals surface area contributed by atoms with Crippen molar-refractivity contribution in [2.24, 2.45) is 0 Å². The molecule has 0 aromatic carbocycles. The lowest BCUT2D eigenvalue weighted by molar-refractivity contribution is -0.162. The maximum atomic E-state index is 12.7. The molecule has 0 fully saturated rings. The number of carbonyl (C=O) groups is 2. The van der Waals surface area contributed by atoms with Crippen molar-refractivity contribution in [2.45, 2.75) is 232 Å². The van der Waals surface area contributed by atoms with Crippen LogP contribution < -0.4 is 0 Å². The first-order chi connectivity index (χ1) is 26.6. The topological polar surface area (TPSA) is 61.8 Å². The molecule has 54 heavy (non-hydrogen) atoms. The van der Waals surface area contributed by atoms with Crippen LogP contribution in [0.4, 0.5) is 0 Å². The van der Waals surface area contributed by atoms with Crippen LogP contribution in [0.3, 0.4) is 0 Å². The van der Waals surface area contributed by atoms with E-state index in [4.69, 9.17) is 14.2 Å². The van der Waals surface area contributed by atoms with Gasteiger partial charge in [0.15, 0.2) is 6.10 Å². The molecular weight excluding hydrogens is 669 g/mol. The van der Waals surface area contributed by atoms with Gasteiger partial charge in [-0.05, 0) is 44.9 Å². The van der Waals surface area contributed by atoms with Crippen LogP contribution >= 0.6 is 0 Å². The Morgan fingerprint density at radius 1 is 0.426 bits per heavy atom. The number of ether oxygens (including phenoxy) is 3. The summed E-state index contributed by atoms with van der Waals surface area (Å²) in [5.74, 6) is -0.486. The zero-order valence-corrected chi connectivity index (χ0v) is 36.0. The van der Waals surface area contributed by atoms with Crippen molar-refractivity contribution in [1.82, 2.24) is 0 Å². The van der Waals surface area contributed by atoms with E-state index in [1.54, 1.807) is 0 Å². The van der Waals surface area contributed by atoms with Crippen LogP contribution in [0.15, 0.2) is 48.6 Å². The van der Waals surface area contributed by atoms with Crippen molar-refractivity contribution >= 4 is 11.9 Å². The molecular formula is C49H88O5. The minimum absolute atomic E-state index is 0.0511. The number of rotatable bonds is 42. The molecule has 0 aromatic rings. The highest BCUT2D eigenvalue weighted by Gasteiger charge is 2.17. The largest absolute Gasteiger partial charge is 0.462 e. The zero-order chi connectivity index (χ0) is 39.3. The Balaban J connectivity index is 4.26. The van der Waals surface area contributed by atoms with Gasteiger partial charge >= 0.3 is 11.9 Å². The van der Waals surface area contributed by atoms with E-state index in [2.05, 4.69) is 63.3 Å². The lowest BCUT2D eigenvalue weighted by Crippen LogP contribution is -2.30. The van der Waals surface area contributed by atoms with Crippen molar-refractivity contribution in [3.8, 4) is 0 Å². The van der Waals surface area contributed by atoms with Gasteiger partial charge in [-0.3, -0.25) is 9.59 Å². The third kappa shape index (κ3) is 42.6. The SMILES string of the molecule is CC/C=C\C/C=C\C/C=C\C/C=C\CCC(=O)OCC(COCCCCCCCCCCCCCCCCCC)OC(=O)CCCCCCCCCCC. The lowest BCUT2D eigenvalue weighted by Gasteiger charge is -2.18. The second kappa shape index (κ2) is 45.3. The summed E-state index contributed by atoms with van der Waals surface area (Å²) in [6, 6.07) is 0. The molecule has 0 aliphatic rings. The molecule has 0 rings (SSSR count). The van der Waals surface area contributed by atoms with Gasteiger partial charge in [0, 0.05) is 19.4 Å². The van der Waals surface area contributed by atoms with Crippen LogP contribution in [0, 0.1) is 0 Å². The highest BCUT2D eigenvalue weighted by Crippen LogP contribution is 2.15. The maximum Gasteiger partial charge on any atom is 0.306 e. The summed E-state index contributed by atoms with van der Waals surface area (Å²) in [7, 11) is 0. The van der Waals surface area contributed by atoms with Gasteiger partial charge in [0.2, 0.25) is 0 Å². The summed E-state index contributed by atoms with van der Waals surface area (Å²) in [4.78, 5) is 25.1. The second-order valence-electron chi connectivity index (χ2n) is 15.3. The van der Waals surface area contributed by atoms with Gasteiger partial charge < -0.3 is 14.2 Å². The number of hydrogen-bond donors (Lipinski definition) is 0. The Kier molecular flexibility index (Phi) is 43.5. The van der Waals surface area contributed by atoms with Crippen molar-refractivity contribution in [3.63, 3.8) is 0 Å². The monoisotopic (exact) mass is 757 g/mol. The molecule has 1 unspecified atom stereocenters. The Hall–Kier alpha value is -2.14. The van der Waals surface area contributed by atoms with Crippen molar-refractivity contribution in [2.75, 3.05) is 19.8 Å². The molecule has 0 aromatic heterocycles. The quantitative estimate of drug-likeness (QED) is 0.0353. The Bertz CT molecular complexity index is 904.